The summed E-state index contributed by atoms with van der Waals surface area (Å²) < 4.78 is 5.49. The van der Waals surface area contributed by atoms with E-state index in [1.807, 2.05) is 37.4 Å². The number of hydrogen-bond donors (Lipinski definition) is 0. The number of carbonyl (C=O) groups excluding carboxylic acids is 1. The number of piperidine rings is 1. The van der Waals surface area contributed by atoms with E-state index in [-0.39, 0.29) is 6.09 Å². The van der Waals surface area contributed by atoms with Crippen LogP contribution in [0, 0.1) is 17.8 Å². The second-order valence-electron chi connectivity index (χ2n) is 8.20. The number of rotatable bonds is 2. The van der Waals surface area contributed by atoms with E-state index in [0.717, 1.165) is 13.1 Å². The summed E-state index contributed by atoms with van der Waals surface area (Å²) in [6, 6.07) is 0.550. The predicted octanol–water partition coefficient (Wildman–Crippen LogP) is 4.19. The van der Waals surface area contributed by atoms with Crippen molar-refractivity contribution in [2.45, 2.75) is 64.5 Å². The molecule has 3 aliphatic rings. The fourth-order valence-electron chi connectivity index (χ4n) is 4.03. The van der Waals surface area contributed by atoms with E-state index in [1.54, 1.807) is 0 Å². The molecule has 0 N–H and O–H groups in total. The zero-order chi connectivity index (χ0) is 16.6. The lowest BCUT2D eigenvalue weighted by atomic mass is 9.96. The van der Waals surface area contributed by atoms with E-state index in [1.165, 1.54) is 37.1 Å². The Bertz CT molecular complexity index is 468. The first kappa shape index (κ1) is 17.1. The van der Waals surface area contributed by atoms with Gasteiger partial charge in [-0.05, 0) is 51.7 Å². The quantitative estimate of drug-likeness (QED) is 0.560. The van der Waals surface area contributed by atoms with E-state index >= 15 is 0 Å². The molecule has 3 atom stereocenters. The van der Waals surface area contributed by atoms with Crippen LogP contribution in [0.5, 0.6) is 0 Å². The Morgan fingerprint density at radius 1 is 1.13 bits per heavy atom. The minimum absolute atomic E-state index is 0.154. The van der Waals surface area contributed by atoms with Gasteiger partial charge in [0.25, 0.3) is 0 Å². The van der Waals surface area contributed by atoms with Crippen LogP contribution in [-0.2, 0) is 4.74 Å². The highest BCUT2D eigenvalue weighted by molar-refractivity contribution is 8.13. The maximum absolute atomic E-state index is 12.2. The summed E-state index contributed by atoms with van der Waals surface area (Å²) in [6.07, 6.45) is 8.56. The van der Waals surface area contributed by atoms with E-state index in [9.17, 15) is 4.79 Å². The highest BCUT2D eigenvalue weighted by Gasteiger charge is 2.59. The van der Waals surface area contributed by atoms with Crippen LogP contribution in [0.4, 0.5) is 4.79 Å². The number of aliphatic imine (C=N–C) groups is 1. The third kappa shape index (κ3) is 4.04. The maximum Gasteiger partial charge on any atom is 0.410 e. The van der Waals surface area contributed by atoms with Gasteiger partial charge in [-0.25, -0.2) is 4.79 Å². The number of ether oxygens (including phenoxy) is 1. The molecular formula is C18H30N2O2S. The van der Waals surface area contributed by atoms with Gasteiger partial charge in [0, 0.05) is 19.0 Å². The molecule has 5 heteroatoms. The molecule has 1 saturated heterocycles. The largest absolute Gasteiger partial charge is 0.444 e. The van der Waals surface area contributed by atoms with Crippen LogP contribution in [0.3, 0.4) is 0 Å². The molecule has 0 aromatic heterocycles. The molecule has 3 fully saturated rings. The summed E-state index contributed by atoms with van der Waals surface area (Å²) in [5, 5.41) is 1.34. The fraction of sp³-hybridized carbons (Fsp3) is 0.889. The van der Waals surface area contributed by atoms with E-state index in [0.29, 0.717) is 23.8 Å². The molecule has 0 spiro atoms. The van der Waals surface area contributed by atoms with Crippen LogP contribution in [-0.4, -0.2) is 47.0 Å². The first-order valence-corrected chi connectivity index (χ1v) is 10.2. The van der Waals surface area contributed by atoms with Crippen molar-refractivity contribution in [2.24, 2.45) is 22.7 Å². The number of hydrogen-bond acceptors (Lipinski definition) is 4. The highest BCUT2D eigenvalue weighted by atomic mass is 32.2. The minimum Gasteiger partial charge on any atom is -0.444 e. The Morgan fingerprint density at radius 2 is 1.74 bits per heavy atom. The van der Waals surface area contributed by atoms with E-state index < -0.39 is 5.60 Å². The van der Waals surface area contributed by atoms with Gasteiger partial charge in [0.15, 0.2) is 0 Å². The summed E-state index contributed by atoms with van der Waals surface area (Å²) in [7, 11) is 0. The third-order valence-corrected chi connectivity index (χ3v) is 6.02. The molecule has 4 nitrogen and oxygen atoms in total. The average molecular weight is 339 g/mol. The van der Waals surface area contributed by atoms with Crippen molar-refractivity contribution >= 4 is 22.9 Å². The van der Waals surface area contributed by atoms with Crippen LogP contribution in [0.15, 0.2) is 4.99 Å². The molecule has 3 rings (SSSR count). The first-order chi connectivity index (χ1) is 10.9. The monoisotopic (exact) mass is 338 g/mol. The summed E-state index contributed by atoms with van der Waals surface area (Å²) in [5.41, 5.74) is -0.407. The van der Waals surface area contributed by atoms with Crippen molar-refractivity contribution < 1.29 is 9.53 Å². The van der Waals surface area contributed by atoms with E-state index in [4.69, 9.17) is 9.73 Å². The summed E-state index contributed by atoms with van der Waals surface area (Å²) in [5.74, 6) is 1.82. The molecule has 0 aromatic rings. The number of thioether (sulfide) groups is 1. The van der Waals surface area contributed by atoms with Crippen LogP contribution in [0.1, 0.15) is 52.9 Å². The molecular weight excluding hydrogens is 308 g/mol. The van der Waals surface area contributed by atoms with Crippen molar-refractivity contribution in [1.29, 1.82) is 0 Å². The Kier molecular flexibility index (Phi) is 4.96. The predicted molar refractivity (Wildman–Crippen MR) is 96.1 cm³/mol. The van der Waals surface area contributed by atoms with Gasteiger partial charge < -0.3 is 9.64 Å². The van der Waals surface area contributed by atoms with Gasteiger partial charge in [-0.15, -0.1) is 11.8 Å². The van der Waals surface area contributed by atoms with Gasteiger partial charge >= 0.3 is 6.09 Å². The van der Waals surface area contributed by atoms with Crippen molar-refractivity contribution in [1.82, 2.24) is 4.90 Å². The molecule has 0 aromatic carbocycles. The highest BCUT2D eigenvalue weighted by Crippen LogP contribution is 2.54. The van der Waals surface area contributed by atoms with Crippen LogP contribution in [0.2, 0.25) is 0 Å². The van der Waals surface area contributed by atoms with E-state index in [2.05, 4.69) is 6.26 Å². The van der Waals surface area contributed by atoms with Gasteiger partial charge in [-0.1, -0.05) is 19.3 Å². The number of fused-ring (bicyclic) bond motifs is 1. The molecule has 1 aliphatic heterocycles. The minimum atomic E-state index is -0.407. The standard InChI is InChI=1S/C18H30N2O2S/c1-18(2,3)22-17(21)20-10-13-14(11-20)15(13)16(23-4)19-12-8-6-5-7-9-12/h12-15H,5-11H2,1-4H3/t13-,14+,15?. The zero-order valence-corrected chi connectivity index (χ0v) is 15.7. The van der Waals surface area contributed by atoms with Crippen molar-refractivity contribution in [3.05, 3.63) is 0 Å². The normalized spacial score (nSPS) is 31.9. The second-order valence-corrected chi connectivity index (χ2v) is 9.03. The van der Waals surface area contributed by atoms with Crippen LogP contribution in [0.25, 0.3) is 0 Å². The molecule has 0 radical (unpaired) electrons. The molecule has 1 heterocycles. The number of nitrogens with zero attached hydrogens (tertiary/aromatic N) is 2. The molecule has 23 heavy (non-hydrogen) atoms. The number of amides is 1. The molecule has 1 unspecified atom stereocenters. The second kappa shape index (κ2) is 6.66. The lowest BCUT2D eigenvalue weighted by Crippen LogP contribution is -2.37. The lowest BCUT2D eigenvalue weighted by Gasteiger charge is -2.26. The van der Waals surface area contributed by atoms with Crippen molar-refractivity contribution in [3.63, 3.8) is 0 Å². The number of carbonyl (C=O) groups is 1. The van der Waals surface area contributed by atoms with Gasteiger partial charge in [0.1, 0.15) is 5.60 Å². The Balaban J connectivity index is 1.54. The van der Waals surface area contributed by atoms with Gasteiger partial charge in [-0.2, -0.15) is 0 Å². The summed E-state index contributed by atoms with van der Waals surface area (Å²) >= 11 is 1.83. The van der Waals surface area contributed by atoms with Crippen molar-refractivity contribution in [3.8, 4) is 0 Å². The van der Waals surface area contributed by atoms with Crippen molar-refractivity contribution in [2.75, 3.05) is 19.3 Å². The van der Waals surface area contributed by atoms with Crippen LogP contribution >= 0.6 is 11.8 Å². The fourth-order valence-corrected chi connectivity index (χ4v) is 4.91. The molecule has 0 bridgehead atoms. The van der Waals surface area contributed by atoms with Gasteiger partial charge in [0.05, 0.1) is 11.1 Å². The summed E-state index contributed by atoms with van der Waals surface area (Å²) in [4.78, 5) is 19.1. The Morgan fingerprint density at radius 3 is 2.26 bits per heavy atom. The third-order valence-electron chi connectivity index (χ3n) is 5.22. The maximum atomic E-state index is 12.2. The van der Waals surface area contributed by atoms with Crippen LogP contribution < -0.4 is 0 Å². The van der Waals surface area contributed by atoms with Gasteiger partial charge in [-0.3, -0.25) is 4.99 Å². The summed E-state index contributed by atoms with van der Waals surface area (Å²) in [6.45, 7) is 7.45. The molecule has 1 amide bonds. The van der Waals surface area contributed by atoms with Gasteiger partial charge in [0.2, 0.25) is 0 Å². The Labute approximate surface area is 144 Å². The number of likely N-dealkylation sites (tertiary alicyclic amines) is 1. The molecule has 2 saturated carbocycles. The zero-order valence-electron chi connectivity index (χ0n) is 14.9. The molecule has 2 aliphatic carbocycles. The lowest BCUT2D eigenvalue weighted by molar-refractivity contribution is 0.0270. The SMILES string of the molecule is CSC(=NC1CCCCC1)C1[C@H]2CN(C(=O)OC(C)(C)C)C[C@@H]12. The smallest absolute Gasteiger partial charge is 0.410 e. The molecule has 130 valence electrons. The first-order valence-electron chi connectivity index (χ1n) is 8.98. The average Bonchev–Trinajstić information content (AvgIpc) is 2.97. The Hall–Kier alpha value is -0.710. The topological polar surface area (TPSA) is 41.9 Å².